The second-order valence-electron chi connectivity index (χ2n) is 8.16. The van der Waals surface area contributed by atoms with Gasteiger partial charge in [-0.25, -0.2) is 19.6 Å². The van der Waals surface area contributed by atoms with Gasteiger partial charge in [0.05, 0.1) is 18.6 Å². The van der Waals surface area contributed by atoms with Crippen LogP contribution in [0.2, 0.25) is 0 Å². The Hall–Kier alpha value is -4.15. The molecule has 10 nitrogen and oxygen atoms in total. The minimum atomic E-state index is -4.99. The number of aromatic amines is 1. The zero-order valence-electron chi connectivity index (χ0n) is 17.9. The highest BCUT2D eigenvalue weighted by Gasteiger charge is 2.62. The zero-order valence-corrected chi connectivity index (χ0v) is 17.9. The summed E-state index contributed by atoms with van der Waals surface area (Å²) in [5.74, 6) is -1.01. The number of fused-ring (bicyclic) bond motifs is 1. The Bertz CT molecular complexity index is 1420. The number of rotatable bonds is 6. The van der Waals surface area contributed by atoms with Gasteiger partial charge in [-0.15, -0.1) is 0 Å². The van der Waals surface area contributed by atoms with E-state index < -0.39 is 29.3 Å². The largest absolute Gasteiger partial charge is 0.421 e. The van der Waals surface area contributed by atoms with E-state index in [2.05, 4.69) is 25.0 Å². The Balaban J connectivity index is 1.41. The fourth-order valence-corrected chi connectivity index (χ4v) is 4.25. The molecular formula is C22H17F3N8O2. The molecule has 0 amide bonds. The highest BCUT2D eigenvalue weighted by molar-refractivity contribution is 5.88. The summed E-state index contributed by atoms with van der Waals surface area (Å²) in [6.45, 7) is -0.518. The van der Waals surface area contributed by atoms with Crippen LogP contribution in [-0.2, 0) is 10.4 Å². The van der Waals surface area contributed by atoms with Crippen molar-refractivity contribution in [2.45, 2.75) is 17.8 Å². The molecule has 2 N–H and O–H groups in total. The van der Waals surface area contributed by atoms with E-state index in [-0.39, 0.29) is 18.9 Å². The number of halogens is 3. The smallest absolute Gasteiger partial charge is 0.376 e. The number of carbonyl (C=O) groups is 1. The number of aldehydes is 1. The minimum Gasteiger partial charge on any atom is -0.376 e. The second kappa shape index (κ2) is 8.26. The zero-order chi connectivity index (χ0) is 24.8. The van der Waals surface area contributed by atoms with Gasteiger partial charge in [-0.1, -0.05) is 6.07 Å². The molecule has 178 valence electrons. The van der Waals surface area contributed by atoms with E-state index in [1.807, 2.05) is 0 Å². The van der Waals surface area contributed by atoms with Crippen LogP contribution >= 0.6 is 0 Å². The Labute approximate surface area is 195 Å². The first-order chi connectivity index (χ1) is 16.8. The predicted molar refractivity (Wildman–Crippen MR) is 115 cm³/mol. The average molecular weight is 482 g/mol. The lowest BCUT2D eigenvalue weighted by Crippen LogP contribution is -2.63. The van der Waals surface area contributed by atoms with Crippen molar-refractivity contribution in [3.63, 3.8) is 0 Å². The Kier molecular flexibility index (Phi) is 5.34. The van der Waals surface area contributed by atoms with Gasteiger partial charge in [0.2, 0.25) is 0 Å². The van der Waals surface area contributed by atoms with Gasteiger partial charge in [-0.3, -0.25) is 4.90 Å². The van der Waals surface area contributed by atoms with E-state index in [1.165, 1.54) is 22.0 Å². The molecule has 1 aliphatic heterocycles. The molecule has 0 aliphatic carbocycles. The average Bonchev–Trinajstić information content (AvgIpc) is 3.50. The van der Waals surface area contributed by atoms with Crippen LogP contribution in [-0.4, -0.2) is 71.3 Å². The van der Waals surface area contributed by atoms with Crippen molar-refractivity contribution in [1.82, 2.24) is 34.6 Å². The number of aromatic nitrogens is 6. The van der Waals surface area contributed by atoms with Gasteiger partial charge in [0.1, 0.15) is 5.52 Å². The lowest BCUT2D eigenvalue weighted by Gasteiger charge is -2.48. The lowest BCUT2D eigenvalue weighted by atomic mass is 9.76. The van der Waals surface area contributed by atoms with Crippen molar-refractivity contribution in [2.24, 2.45) is 5.92 Å². The highest BCUT2D eigenvalue weighted by Crippen LogP contribution is 2.47. The van der Waals surface area contributed by atoms with Gasteiger partial charge >= 0.3 is 6.18 Å². The number of imidazole rings is 1. The molecule has 1 fully saturated rings. The van der Waals surface area contributed by atoms with E-state index in [4.69, 9.17) is 5.26 Å². The van der Waals surface area contributed by atoms with Crippen LogP contribution in [0.5, 0.6) is 0 Å². The van der Waals surface area contributed by atoms with E-state index in [0.29, 0.717) is 23.0 Å². The number of carbonyl (C=O) groups excluding carboxylic acids is 1. The normalized spacial score (nSPS) is 17.5. The molecule has 0 spiro atoms. The first-order valence-corrected chi connectivity index (χ1v) is 10.4. The molecule has 0 bridgehead atoms. The molecule has 1 aliphatic rings. The predicted octanol–water partition coefficient (Wildman–Crippen LogP) is 1.98. The summed E-state index contributed by atoms with van der Waals surface area (Å²) in [6.07, 6.45) is 2.71. The fraction of sp³-hybridized carbons (Fsp3) is 0.273. The van der Waals surface area contributed by atoms with Gasteiger partial charge in [0.15, 0.2) is 29.4 Å². The van der Waals surface area contributed by atoms with Gasteiger partial charge in [-0.2, -0.15) is 23.5 Å². The number of aliphatic hydroxyl groups is 1. The molecule has 4 aromatic rings. The molecule has 35 heavy (non-hydrogen) atoms. The summed E-state index contributed by atoms with van der Waals surface area (Å²) in [4.78, 5) is 27.7. The van der Waals surface area contributed by atoms with Crippen LogP contribution in [0, 0.1) is 17.2 Å². The number of hydrogen-bond donors (Lipinski definition) is 2. The van der Waals surface area contributed by atoms with Crippen molar-refractivity contribution in [3.05, 3.63) is 54.9 Å². The van der Waals surface area contributed by atoms with Crippen LogP contribution in [0.3, 0.4) is 0 Å². The molecule has 0 aromatic carbocycles. The number of nitrogens with one attached hydrogen (secondary N) is 1. The summed E-state index contributed by atoms with van der Waals surface area (Å²) >= 11 is 0. The van der Waals surface area contributed by atoms with Crippen molar-refractivity contribution in [2.75, 3.05) is 13.1 Å². The third-order valence-corrected chi connectivity index (χ3v) is 6.22. The quantitative estimate of drug-likeness (QED) is 0.398. The third kappa shape index (κ3) is 3.63. The Morgan fingerprint density at radius 3 is 2.66 bits per heavy atom. The summed E-state index contributed by atoms with van der Waals surface area (Å²) in [5, 5.41) is 24.0. The van der Waals surface area contributed by atoms with Gasteiger partial charge in [0, 0.05) is 54.3 Å². The number of nitriles is 1. The first kappa shape index (κ1) is 22.6. The third-order valence-electron chi connectivity index (χ3n) is 6.22. The second-order valence-corrected chi connectivity index (χ2v) is 8.16. The van der Waals surface area contributed by atoms with E-state index >= 15 is 0 Å². The number of H-pyrrole nitrogens is 1. The summed E-state index contributed by atoms with van der Waals surface area (Å²) in [6, 6.07) is 4.82. The van der Waals surface area contributed by atoms with E-state index in [0.717, 1.165) is 17.8 Å². The maximum Gasteiger partial charge on any atom is 0.421 e. The van der Waals surface area contributed by atoms with E-state index in [9.17, 15) is 23.1 Å². The maximum atomic E-state index is 14.0. The van der Waals surface area contributed by atoms with Crippen LogP contribution < -0.4 is 0 Å². The molecule has 5 rings (SSSR count). The maximum absolute atomic E-state index is 14.0. The summed E-state index contributed by atoms with van der Waals surface area (Å²) in [7, 11) is 0. The number of hydrogen-bond acceptors (Lipinski definition) is 8. The molecule has 13 heteroatoms. The standard InChI is InChI=1S/C22H17F3N8O2/c23-22(24,25)21(35,15-9-32(10-15)16(5-26)11-34)14-1-2-18(28-7-14)33-8-13(6-31-33)17-3-4-27-20-19(17)29-12-30-20/h1-4,6-8,11-12,15-16,35H,9-10H2,(H,27,29,30). The van der Waals surface area contributed by atoms with Gasteiger partial charge < -0.3 is 14.9 Å². The van der Waals surface area contributed by atoms with Crippen LogP contribution in [0.25, 0.3) is 28.1 Å². The number of likely N-dealkylation sites (tertiary alicyclic amines) is 1. The highest BCUT2D eigenvalue weighted by atomic mass is 19.4. The number of alkyl halides is 3. The van der Waals surface area contributed by atoms with Crippen LogP contribution in [0.1, 0.15) is 5.56 Å². The molecule has 0 radical (unpaired) electrons. The molecular weight excluding hydrogens is 465 g/mol. The van der Waals surface area contributed by atoms with Crippen LogP contribution in [0.4, 0.5) is 13.2 Å². The first-order valence-electron chi connectivity index (χ1n) is 10.4. The topological polar surface area (TPSA) is 137 Å². The van der Waals surface area contributed by atoms with Crippen LogP contribution in [0.15, 0.2) is 49.3 Å². The molecule has 4 aromatic heterocycles. The van der Waals surface area contributed by atoms with Crippen molar-refractivity contribution >= 4 is 17.5 Å². The lowest BCUT2D eigenvalue weighted by molar-refractivity contribution is -0.301. The van der Waals surface area contributed by atoms with Crippen molar-refractivity contribution < 1.29 is 23.1 Å². The Morgan fingerprint density at radius 1 is 1.20 bits per heavy atom. The van der Waals surface area contributed by atoms with Gasteiger partial charge in [-0.05, 0) is 12.1 Å². The molecule has 1 saturated heterocycles. The molecule has 0 saturated carbocycles. The number of nitrogens with zero attached hydrogens (tertiary/aromatic N) is 7. The van der Waals surface area contributed by atoms with Crippen molar-refractivity contribution in [3.8, 4) is 23.0 Å². The fourth-order valence-electron chi connectivity index (χ4n) is 4.25. The Morgan fingerprint density at radius 2 is 2.00 bits per heavy atom. The molecule has 5 heterocycles. The molecule has 2 atom stereocenters. The van der Waals surface area contributed by atoms with Gasteiger partial charge in [0.25, 0.3) is 0 Å². The summed E-state index contributed by atoms with van der Waals surface area (Å²) in [5.41, 5.74) is -0.889. The number of pyridine rings is 2. The van der Waals surface area contributed by atoms with E-state index in [1.54, 1.807) is 30.7 Å². The van der Waals surface area contributed by atoms with Crippen molar-refractivity contribution in [1.29, 1.82) is 5.26 Å². The SMILES string of the molecule is N#CC(C=O)N1CC(C(O)(c2ccc(-n3cc(-c4ccnc5[nH]cnc45)cn3)nc2)C(F)(F)F)C1. The molecule has 2 unspecified atom stereocenters. The summed E-state index contributed by atoms with van der Waals surface area (Å²) < 4.78 is 43.4. The monoisotopic (exact) mass is 482 g/mol. The minimum absolute atomic E-state index is 0.248.